The summed E-state index contributed by atoms with van der Waals surface area (Å²) in [5, 5.41) is 6.81. The Morgan fingerprint density at radius 3 is 2.40 bits per heavy atom. The molecular formula is C18H24BrN3O2S. The molecule has 0 saturated heterocycles. The van der Waals surface area contributed by atoms with Gasteiger partial charge >= 0.3 is 0 Å². The Balaban J connectivity index is 1.79. The highest BCUT2D eigenvalue weighted by molar-refractivity contribution is 9.10. The summed E-state index contributed by atoms with van der Waals surface area (Å²) >= 11 is 3.45. The van der Waals surface area contributed by atoms with Gasteiger partial charge in [-0.25, -0.2) is 8.42 Å². The molecule has 0 aromatic heterocycles. The number of hydrogen-bond acceptors (Lipinski definition) is 4. The standard InChI is InChI=1S/C18H24BrN3O2S/c1-3-25(23,24)22-17-9-7-15(8-10-17)14(2)20-11-12-21-18-6-4-5-16(19)13-18/h4-10,13-14,20-22H,3,11-12H2,1-2H3/t14-/m1/s1. The number of halogens is 1. The van der Waals surface area contributed by atoms with E-state index in [-0.39, 0.29) is 11.8 Å². The third-order valence-electron chi connectivity index (χ3n) is 3.79. The minimum Gasteiger partial charge on any atom is -0.384 e. The van der Waals surface area contributed by atoms with Gasteiger partial charge < -0.3 is 10.6 Å². The van der Waals surface area contributed by atoms with Gasteiger partial charge in [0.25, 0.3) is 0 Å². The van der Waals surface area contributed by atoms with Crippen LogP contribution in [0.4, 0.5) is 11.4 Å². The molecular weight excluding hydrogens is 402 g/mol. The zero-order valence-corrected chi connectivity index (χ0v) is 16.8. The summed E-state index contributed by atoms with van der Waals surface area (Å²) in [6.07, 6.45) is 0. The molecule has 0 spiro atoms. The molecule has 2 aromatic rings. The highest BCUT2D eigenvalue weighted by Gasteiger charge is 2.08. The Morgan fingerprint density at radius 2 is 1.76 bits per heavy atom. The molecule has 0 fully saturated rings. The number of anilines is 2. The van der Waals surface area contributed by atoms with Crippen LogP contribution in [0.15, 0.2) is 53.0 Å². The monoisotopic (exact) mass is 425 g/mol. The van der Waals surface area contributed by atoms with Crippen molar-refractivity contribution in [3.63, 3.8) is 0 Å². The van der Waals surface area contributed by atoms with Crippen LogP contribution < -0.4 is 15.4 Å². The zero-order valence-electron chi connectivity index (χ0n) is 14.4. The summed E-state index contributed by atoms with van der Waals surface area (Å²) in [7, 11) is -3.23. The summed E-state index contributed by atoms with van der Waals surface area (Å²) in [5.74, 6) is 0.0672. The fourth-order valence-corrected chi connectivity index (χ4v) is 3.34. The topological polar surface area (TPSA) is 70.2 Å². The van der Waals surface area contributed by atoms with Crippen LogP contribution in [0.3, 0.4) is 0 Å². The highest BCUT2D eigenvalue weighted by Crippen LogP contribution is 2.17. The van der Waals surface area contributed by atoms with Crippen LogP contribution in [0, 0.1) is 0 Å². The lowest BCUT2D eigenvalue weighted by Gasteiger charge is -2.16. The molecule has 0 heterocycles. The maximum Gasteiger partial charge on any atom is 0.232 e. The van der Waals surface area contributed by atoms with Gasteiger partial charge in [0, 0.05) is 35.0 Å². The molecule has 2 rings (SSSR count). The highest BCUT2D eigenvalue weighted by atomic mass is 79.9. The molecule has 1 atom stereocenters. The van der Waals surface area contributed by atoms with Crippen molar-refractivity contribution >= 4 is 37.3 Å². The first-order chi connectivity index (χ1) is 11.9. The number of hydrogen-bond donors (Lipinski definition) is 3. The van der Waals surface area contributed by atoms with Gasteiger partial charge in [0.2, 0.25) is 10.0 Å². The quantitative estimate of drug-likeness (QED) is 0.531. The van der Waals surface area contributed by atoms with E-state index in [1.165, 1.54) is 0 Å². The molecule has 25 heavy (non-hydrogen) atoms. The van der Waals surface area contributed by atoms with Crippen LogP contribution in [0.2, 0.25) is 0 Å². The lowest BCUT2D eigenvalue weighted by Crippen LogP contribution is -2.25. The molecule has 0 aliphatic carbocycles. The predicted octanol–water partition coefficient (Wildman–Crippen LogP) is 3.97. The van der Waals surface area contributed by atoms with Crippen molar-refractivity contribution in [1.29, 1.82) is 0 Å². The fraction of sp³-hybridized carbons (Fsp3) is 0.333. The number of benzene rings is 2. The second-order valence-electron chi connectivity index (χ2n) is 5.74. The SMILES string of the molecule is CCS(=O)(=O)Nc1ccc([C@@H](C)NCCNc2cccc(Br)c2)cc1. The Hall–Kier alpha value is -1.57. The van der Waals surface area contributed by atoms with Gasteiger partial charge in [0.05, 0.1) is 5.75 Å². The summed E-state index contributed by atoms with van der Waals surface area (Å²) in [5.41, 5.74) is 2.78. The smallest absolute Gasteiger partial charge is 0.232 e. The molecule has 7 heteroatoms. The summed E-state index contributed by atoms with van der Waals surface area (Å²) < 4.78 is 26.7. The Kier molecular flexibility index (Phi) is 7.28. The van der Waals surface area contributed by atoms with E-state index in [0.29, 0.717) is 5.69 Å². The average molecular weight is 426 g/mol. The molecule has 2 aromatic carbocycles. The summed E-state index contributed by atoms with van der Waals surface area (Å²) in [4.78, 5) is 0. The van der Waals surface area contributed by atoms with Crippen LogP contribution in [-0.4, -0.2) is 27.3 Å². The lowest BCUT2D eigenvalue weighted by atomic mass is 10.1. The van der Waals surface area contributed by atoms with Crippen LogP contribution in [0.25, 0.3) is 0 Å². The zero-order chi connectivity index (χ0) is 18.3. The van der Waals surface area contributed by atoms with Crippen LogP contribution >= 0.6 is 15.9 Å². The van der Waals surface area contributed by atoms with E-state index in [9.17, 15) is 8.42 Å². The largest absolute Gasteiger partial charge is 0.384 e. The van der Waals surface area contributed by atoms with Crippen molar-refractivity contribution in [3.05, 3.63) is 58.6 Å². The third-order valence-corrected chi connectivity index (χ3v) is 5.59. The molecule has 0 saturated carbocycles. The molecule has 0 aliphatic rings. The van der Waals surface area contributed by atoms with Crippen molar-refractivity contribution in [1.82, 2.24) is 5.32 Å². The molecule has 0 aliphatic heterocycles. The fourth-order valence-electron chi connectivity index (χ4n) is 2.30. The molecule has 0 unspecified atom stereocenters. The Morgan fingerprint density at radius 1 is 1.04 bits per heavy atom. The first kappa shape index (κ1) is 19.8. The van der Waals surface area contributed by atoms with Crippen LogP contribution in [-0.2, 0) is 10.0 Å². The van der Waals surface area contributed by atoms with Crippen molar-refractivity contribution in [2.24, 2.45) is 0 Å². The second kappa shape index (κ2) is 9.22. The van der Waals surface area contributed by atoms with E-state index in [4.69, 9.17) is 0 Å². The van der Waals surface area contributed by atoms with Crippen molar-refractivity contribution < 1.29 is 8.42 Å². The van der Waals surface area contributed by atoms with Gasteiger partial charge in [-0.1, -0.05) is 34.1 Å². The maximum absolute atomic E-state index is 11.6. The first-order valence-corrected chi connectivity index (χ1v) is 10.7. The van der Waals surface area contributed by atoms with E-state index in [1.807, 2.05) is 36.4 Å². The normalized spacial score (nSPS) is 12.6. The van der Waals surface area contributed by atoms with Gasteiger partial charge in [-0.05, 0) is 49.7 Å². The second-order valence-corrected chi connectivity index (χ2v) is 8.67. The minimum atomic E-state index is -3.23. The van der Waals surface area contributed by atoms with Crippen molar-refractivity contribution in [2.75, 3.05) is 28.9 Å². The van der Waals surface area contributed by atoms with Gasteiger partial charge in [-0.15, -0.1) is 0 Å². The average Bonchev–Trinajstić information content (AvgIpc) is 2.59. The van der Waals surface area contributed by atoms with Crippen LogP contribution in [0.5, 0.6) is 0 Å². The van der Waals surface area contributed by atoms with Gasteiger partial charge in [-0.2, -0.15) is 0 Å². The Bertz CT molecular complexity index is 779. The van der Waals surface area contributed by atoms with Crippen molar-refractivity contribution in [3.8, 4) is 0 Å². The molecule has 5 nitrogen and oxygen atoms in total. The van der Waals surface area contributed by atoms with Gasteiger partial charge in [-0.3, -0.25) is 4.72 Å². The number of sulfonamides is 1. The third kappa shape index (κ3) is 6.68. The molecule has 3 N–H and O–H groups in total. The van der Waals surface area contributed by atoms with E-state index in [0.717, 1.165) is 28.8 Å². The summed E-state index contributed by atoms with van der Waals surface area (Å²) in [6, 6.07) is 15.7. The first-order valence-electron chi connectivity index (χ1n) is 8.23. The lowest BCUT2D eigenvalue weighted by molar-refractivity contribution is 0.588. The maximum atomic E-state index is 11.6. The number of rotatable bonds is 9. The summed E-state index contributed by atoms with van der Waals surface area (Å²) in [6.45, 7) is 5.34. The predicted molar refractivity (Wildman–Crippen MR) is 109 cm³/mol. The Labute approximate surface area is 158 Å². The minimum absolute atomic E-state index is 0.0672. The van der Waals surface area contributed by atoms with E-state index >= 15 is 0 Å². The van der Waals surface area contributed by atoms with Gasteiger partial charge in [0.1, 0.15) is 0 Å². The molecule has 0 bridgehead atoms. The van der Waals surface area contributed by atoms with Gasteiger partial charge in [0.15, 0.2) is 0 Å². The number of nitrogens with one attached hydrogen (secondary N) is 3. The van der Waals surface area contributed by atoms with E-state index in [2.05, 4.69) is 38.2 Å². The molecule has 136 valence electrons. The van der Waals surface area contributed by atoms with Crippen molar-refractivity contribution in [2.45, 2.75) is 19.9 Å². The molecule has 0 amide bonds. The van der Waals surface area contributed by atoms with E-state index < -0.39 is 10.0 Å². The van der Waals surface area contributed by atoms with E-state index in [1.54, 1.807) is 19.1 Å². The molecule has 0 radical (unpaired) electrons. The van der Waals surface area contributed by atoms with Crippen LogP contribution in [0.1, 0.15) is 25.5 Å².